The summed E-state index contributed by atoms with van der Waals surface area (Å²) >= 11 is 0. The van der Waals surface area contributed by atoms with Gasteiger partial charge in [-0.05, 0) is 48.7 Å². The van der Waals surface area contributed by atoms with Crippen molar-refractivity contribution in [1.29, 1.82) is 0 Å². The zero-order valence-corrected chi connectivity index (χ0v) is 11.7. The van der Waals surface area contributed by atoms with Gasteiger partial charge in [-0.3, -0.25) is 0 Å². The van der Waals surface area contributed by atoms with Gasteiger partial charge in [-0.25, -0.2) is 4.39 Å². The summed E-state index contributed by atoms with van der Waals surface area (Å²) in [4.78, 5) is 0. The molecular formula is C16H19FN2O. The molecule has 2 aromatic rings. The van der Waals surface area contributed by atoms with Crippen LogP contribution >= 0.6 is 0 Å². The molecule has 0 saturated heterocycles. The lowest BCUT2D eigenvalue weighted by Crippen LogP contribution is -2.08. The minimum absolute atomic E-state index is 0.198. The van der Waals surface area contributed by atoms with Crippen LogP contribution in [0.1, 0.15) is 11.1 Å². The number of aryl methyl sites for hydroxylation is 1. The van der Waals surface area contributed by atoms with Crippen molar-refractivity contribution in [3.8, 4) is 5.75 Å². The zero-order valence-electron chi connectivity index (χ0n) is 11.7. The summed E-state index contributed by atoms with van der Waals surface area (Å²) in [6, 6.07) is 10.5. The molecule has 3 nitrogen and oxygen atoms in total. The van der Waals surface area contributed by atoms with E-state index in [4.69, 9.17) is 10.5 Å². The highest BCUT2D eigenvalue weighted by molar-refractivity contribution is 5.72. The Kier molecular flexibility index (Phi) is 4.45. The molecule has 0 atom stereocenters. The molecule has 0 fully saturated rings. The van der Waals surface area contributed by atoms with Gasteiger partial charge in [-0.2, -0.15) is 0 Å². The third-order valence-corrected chi connectivity index (χ3v) is 3.30. The van der Waals surface area contributed by atoms with Gasteiger partial charge in [0.15, 0.2) is 0 Å². The van der Waals surface area contributed by atoms with Crippen LogP contribution in [0.3, 0.4) is 0 Å². The molecular weight excluding hydrogens is 255 g/mol. The molecule has 0 aliphatic carbocycles. The Balaban J connectivity index is 1.99. The quantitative estimate of drug-likeness (QED) is 0.822. The molecule has 0 heterocycles. The van der Waals surface area contributed by atoms with Crippen molar-refractivity contribution >= 4 is 11.4 Å². The number of anilines is 2. The number of rotatable bonds is 5. The van der Waals surface area contributed by atoms with Gasteiger partial charge in [0.25, 0.3) is 0 Å². The molecule has 106 valence electrons. The molecule has 20 heavy (non-hydrogen) atoms. The zero-order chi connectivity index (χ0) is 14.5. The number of methoxy groups -OCH3 is 1. The first-order chi connectivity index (χ1) is 9.61. The smallest absolute Gasteiger partial charge is 0.143 e. The van der Waals surface area contributed by atoms with E-state index in [1.54, 1.807) is 13.2 Å². The number of nitrogens with one attached hydrogen (secondary N) is 1. The van der Waals surface area contributed by atoms with Gasteiger partial charge in [0.2, 0.25) is 0 Å². The number of halogens is 1. The van der Waals surface area contributed by atoms with Gasteiger partial charge in [0.05, 0.1) is 18.5 Å². The number of benzene rings is 2. The van der Waals surface area contributed by atoms with Crippen LogP contribution < -0.4 is 15.8 Å². The normalized spacial score (nSPS) is 10.3. The van der Waals surface area contributed by atoms with E-state index >= 15 is 0 Å². The van der Waals surface area contributed by atoms with Crippen LogP contribution in [-0.2, 0) is 6.42 Å². The van der Waals surface area contributed by atoms with Crippen LogP contribution in [-0.4, -0.2) is 13.7 Å². The summed E-state index contributed by atoms with van der Waals surface area (Å²) in [6.07, 6.45) is 0.808. The molecule has 3 N–H and O–H groups in total. The first-order valence-corrected chi connectivity index (χ1v) is 6.53. The SMILES string of the molecule is COc1cccc(NCCc2ccc(F)cc2C)c1N. The minimum Gasteiger partial charge on any atom is -0.495 e. The standard InChI is InChI=1S/C16H19FN2O/c1-11-10-13(17)7-6-12(11)8-9-19-14-4-3-5-15(20-2)16(14)18/h3-7,10,19H,8-9,18H2,1-2H3. The van der Waals surface area contributed by atoms with Gasteiger partial charge >= 0.3 is 0 Å². The molecule has 0 amide bonds. The van der Waals surface area contributed by atoms with Crippen molar-refractivity contribution in [2.24, 2.45) is 0 Å². The van der Waals surface area contributed by atoms with E-state index in [9.17, 15) is 4.39 Å². The molecule has 0 saturated carbocycles. The minimum atomic E-state index is -0.198. The van der Waals surface area contributed by atoms with Crippen LogP contribution in [0.5, 0.6) is 5.75 Å². The maximum Gasteiger partial charge on any atom is 0.143 e. The lowest BCUT2D eigenvalue weighted by molar-refractivity contribution is 0.417. The molecule has 0 radical (unpaired) electrons. The van der Waals surface area contributed by atoms with E-state index in [1.165, 1.54) is 6.07 Å². The van der Waals surface area contributed by atoms with E-state index in [2.05, 4.69) is 5.32 Å². The second kappa shape index (κ2) is 6.28. The maximum absolute atomic E-state index is 13.0. The topological polar surface area (TPSA) is 47.3 Å². The molecule has 0 unspecified atom stereocenters. The Morgan fingerprint density at radius 3 is 2.75 bits per heavy atom. The molecule has 4 heteroatoms. The molecule has 2 aromatic carbocycles. The van der Waals surface area contributed by atoms with Crippen molar-refractivity contribution in [1.82, 2.24) is 0 Å². The highest BCUT2D eigenvalue weighted by atomic mass is 19.1. The molecule has 2 rings (SSSR count). The van der Waals surface area contributed by atoms with Crippen molar-refractivity contribution in [3.63, 3.8) is 0 Å². The van der Waals surface area contributed by atoms with E-state index < -0.39 is 0 Å². The molecule has 0 bridgehead atoms. The number of nitrogen functional groups attached to an aromatic ring is 1. The Labute approximate surface area is 118 Å². The fourth-order valence-electron chi connectivity index (χ4n) is 2.15. The van der Waals surface area contributed by atoms with Crippen molar-refractivity contribution in [2.45, 2.75) is 13.3 Å². The highest BCUT2D eigenvalue weighted by Crippen LogP contribution is 2.28. The number of para-hydroxylation sites is 1. The van der Waals surface area contributed by atoms with Crippen molar-refractivity contribution in [3.05, 3.63) is 53.3 Å². The Bertz CT molecular complexity index is 599. The lowest BCUT2D eigenvalue weighted by Gasteiger charge is -2.12. The first kappa shape index (κ1) is 14.2. The monoisotopic (exact) mass is 274 g/mol. The van der Waals surface area contributed by atoms with Crippen LogP contribution in [0.15, 0.2) is 36.4 Å². The fraction of sp³-hybridized carbons (Fsp3) is 0.250. The van der Waals surface area contributed by atoms with Gasteiger partial charge in [0.1, 0.15) is 11.6 Å². The first-order valence-electron chi connectivity index (χ1n) is 6.53. The third-order valence-electron chi connectivity index (χ3n) is 3.30. The van der Waals surface area contributed by atoms with Crippen molar-refractivity contribution < 1.29 is 9.13 Å². The number of hydrogen-bond acceptors (Lipinski definition) is 3. The Morgan fingerprint density at radius 2 is 2.05 bits per heavy atom. The maximum atomic E-state index is 13.0. The van der Waals surface area contributed by atoms with E-state index in [0.29, 0.717) is 11.4 Å². The average Bonchev–Trinajstić information content (AvgIpc) is 2.43. The van der Waals surface area contributed by atoms with Crippen LogP contribution in [0, 0.1) is 12.7 Å². The van der Waals surface area contributed by atoms with Gasteiger partial charge in [-0.15, -0.1) is 0 Å². The molecule has 0 aliphatic heterocycles. The largest absolute Gasteiger partial charge is 0.495 e. The summed E-state index contributed by atoms with van der Waals surface area (Å²) in [6.45, 7) is 2.64. The second-order valence-corrected chi connectivity index (χ2v) is 4.67. The summed E-state index contributed by atoms with van der Waals surface area (Å²) in [5.41, 5.74) is 9.53. The summed E-state index contributed by atoms with van der Waals surface area (Å²) < 4.78 is 18.2. The highest BCUT2D eigenvalue weighted by Gasteiger charge is 2.05. The summed E-state index contributed by atoms with van der Waals surface area (Å²) in [5.74, 6) is 0.462. The number of ether oxygens (including phenoxy) is 1. The van der Waals surface area contributed by atoms with Gasteiger partial charge in [0, 0.05) is 6.54 Å². The fourth-order valence-corrected chi connectivity index (χ4v) is 2.15. The molecule has 0 aliphatic rings. The van der Waals surface area contributed by atoms with E-state index in [-0.39, 0.29) is 5.82 Å². The number of nitrogens with two attached hydrogens (primary N) is 1. The summed E-state index contributed by atoms with van der Waals surface area (Å²) in [5, 5.41) is 3.28. The average molecular weight is 274 g/mol. The van der Waals surface area contributed by atoms with Crippen LogP contribution in [0.2, 0.25) is 0 Å². The van der Waals surface area contributed by atoms with Gasteiger partial charge in [-0.1, -0.05) is 12.1 Å². The summed E-state index contributed by atoms with van der Waals surface area (Å²) in [7, 11) is 1.59. The van der Waals surface area contributed by atoms with E-state index in [1.807, 2.05) is 31.2 Å². The second-order valence-electron chi connectivity index (χ2n) is 4.67. The third kappa shape index (κ3) is 3.20. The van der Waals surface area contributed by atoms with E-state index in [0.717, 1.165) is 29.8 Å². The van der Waals surface area contributed by atoms with Gasteiger partial charge < -0.3 is 15.8 Å². The Hall–Kier alpha value is -2.23. The van der Waals surface area contributed by atoms with Crippen molar-refractivity contribution in [2.75, 3.05) is 24.7 Å². The Morgan fingerprint density at radius 1 is 1.25 bits per heavy atom. The lowest BCUT2D eigenvalue weighted by atomic mass is 10.1. The molecule has 0 spiro atoms. The number of hydrogen-bond donors (Lipinski definition) is 2. The predicted octanol–water partition coefficient (Wildman–Crippen LogP) is 3.38. The van der Waals surface area contributed by atoms with Crippen LogP contribution in [0.25, 0.3) is 0 Å². The van der Waals surface area contributed by atoms with Crippen LogP contribution in [0.4, 0.5) is 15.8 Å². The predicted molar refractivity (Wildman–Crippen MR) is 80.7 cm³/mol. The molecule has 0 aromatic heterocycles.